The molecule has 1 saturated carbocycles. The molecule has 2 aliphatic rings. The van der Waals surface area contributed by atoms with Crippen LogP contribution in [0.3, 0.4) is 0 Å². The van der Waals surface area contributed by atoms with E-state index in [4.69, 9.17) is 11.5 Å². The molecule has 0 spiro atoms. The predicted molar refractivity (Wildman–Crippen MR) is 122 cm³/mol. The topological polar surface area (TPSA) is 185 Å². The maximum atomic E-state index is 13.1. The van der Waals surface area contributed by atoms with Gasteiger partial charge >= 0.3 is 11.7 Å². The van der Waals surface area contributed by atoms with E-state index in [0.717, 1.165) is 16.2 Å². The van der Waals surface area contributed by atoms with E-state index in [-0.39, 0.29) is 19.7 Å². The number of amides is 4. The van der Waals surface area contributed by atoms with Gasteiger partial charge in [-0.25, -0.2) is 9.59 Å². The van der Waals surface area contributed by atoms with Crippen LogP contribution in [0.2, 0.25) is 0 Å². The standard InChI is InChI=1S/C22H32N6O6/c1-3-4-9-27-18(31)15(16(23)24)19(32)28(21(27)34)14-5-7-22(12-29,8-6-14)11-26-10-13(2)17(30)25-20(26)33/h10,14,29H,3-9,11-12,23-24H2,1-2H3,(H,25,30,33). The van der Waals surface area contributed by atoms with Gasteiger partial charge in [-0.3, -0.25) is 33.7 Å². The number of imide groups is 2. The second-order valence-corrected chi connectivity index (χ2v) is 9.19. The molecule has 1 aliphatic carbocycles. The highest BCUT2D eigenvalue weighted by molar-refractivity contribution is 6.29. The molecule has 2 fully saturated rings. The number of hydrogen-bond donors (Lipinski definition) is 4. The molecule has 1 aliphatic heterocycles. The molecule has 1 aromatic rings. The molecule has 12 heteroatoms. The molecule has 1 saturated heterocycles. The van der Waals surface area contributed by atoms with Crippen LogP contribution in [0.5, 0.6) is 0 Å². The number of hydrogen-bond acceptors (Lipinski definition) is 8. The van der Waals surface area contributed by atoms with Gasteiger partial charge in [0.05, 0.1) is 6.61 Å². The first-order chi connectivity index (χ1) is 16.0. The number of urea groups is 1. The highest BCUT2D eigenvalue weighted by Gasteiger charge is 2.48. The van der Waals surface area contributed by atoms with Crippen molar-refractivity contribution in [2.24, 2.45) is 16.9 Å². The molecule has 12 nitrogen and oxygen atoms in total. The quantitative estimate of drug-likeness (QED) is 0.299. The van der Waals surface area contributed by atoms with Gasteiger partial charge in [-0.15, -0.1) is 0 Å². The van der Waals surface area contributed by atoms with Gasteiger partial charge in [-0.2, -0.15) is 0 Å². The van der Waals surface area contributed by atoms with E-state index < -0.39 is 51.9 Å². The summed E-state index contributed by atoms with van der Waals surface area (Å²) < 4.78 is 1.37. The third kappa shape index (κ3) is 4.63. The van der Waals surface area contributed by atoms with E-state index >= 15 is 0 Å². The Bertz CT molecular complexity index is 1120. The zero-order valence-corrected chi connectivity index (χ0v) is 19.5. The lowest BCUT2D eigenvalue weighted by Gasteiger charge is -2.44. The van der Waals surface area contributed by atoms with E-state index in [1.54, 1.807) is 6.92 Å². The molecule has 0 unspecified atom stereocenters. The SMILES string of the molecule is CCCCN1C(=O)C(=C(N)N)C(=O)N(C2CCC(CO)(Cn3cc(C)c(=O)[nH]c3=O)CC2)C1=O. The minimum atomic E-state index is -0.809. The molecule has 34 heavy (non-hydrogen) atoms. The average Bonchev–Trinajstić information content (AvgIpc) is 2.78. The summed E-state index contributed by atoms with van der Waals surface area (Å²) in [6.07, 6.45) is 4.33. The van der Waals surface area contributed by atoms with E-state index in [0.29, 0.717) is 37.7 Å². The fourth-order valence-corrected chi connectivity index (χ4v) is 4.67. The number of aromatic amines is 1. The van der Waals surface area contributed by atoms with Crippen molar-refractivity contribution in [3.8, 4) is 0 Å². The maximum absolute atomic E-state index is 13.1. The van der Waals surface area contributed by atoms with Crippen molar-refractivity contribution in [1.82, 2.24) is 19.4 Å². The first-order valence-electron chi connectivity index (χ1n) is 11.4. The number of aromatic nitrogens is 2. The molecular weight excluding hydrogens is 444 g/mol. The number of rotatable bonds is 7. The molecule has 3 rings (SSSR count). The average molecular weight is 477 g/mol. The number of aliphatic hydroxyl groups excluding tert-OH is 1. The molecule has 0 aromatic carbocycles. The summed E-state index contributed by atoms with van der Waals surface area (Å²) in [4.78, 5) is 67.1. The minimum absolute atomic E-state index is 0.149. The lowest BCUT2D eigenvalue weighted by atomic mass is 9.72. The normalized spacial score (nSPS) is 23.6. The van der Waals surface area contributed by atoms with Crippen LogP contribution in [-0.4, -0.2) is 61.5 Å². The first-order valence-corrected chi connectivity index (χ1v) is 11.4. The number of nitrogens with one attached hydrogen (secondary N) is 1. The Balaban J connectivity index is 1.83. The van der Waals surface area contributed by atoms with E-state index in [1.165, 1.54) is 10.8 Å². The number of carbonyl (C=O) groups is 3. The van der Waals surface area contributed by atoms with Gasteiger partial charge in [0.15, 0.2) is 0 Å². The fourth-order valence-electron chi connectivity index (χ4n) is 4.67. The Morgan fingerprint density at radius 3 is 2.35 bits per heavy atom. The van der Waals surface area contributed by atoms with Gasteiger partial charge in [-0.1, -0.05) is 13.3 Å². The van der Waals surface area contributed by atoms with Crippen molar-refractivity contribution in [3.05, 3.63) is 44.0 Å². The van der Waals surface area contributed by atoms with Crippen LogP contribution in [0.4, 0.5) is 4.79 Å². The van der Waals surface area contributed by atoms with E-state index in [9.17, 15) is 29.1 Å². The highest BCUT2D eigenvalue weighted by Crippen LogP contribution is 2.40. The van der Waals surface area contributed by atoms with Gasteiger partial charge in [0, 0.05) is 36.3 Å². The number of barbiturate groups is 1. The Labute approximate surface area is 196 Å². The van der Waals surface area contributed by atoms with Gasteiger partial charge < -0.3 is 16.6 Å². The second kappa shape index (κ2) is 9.84. The third-order valence-corrected chi connectivity index (χ3v) is 6.76. The number of unbranched alkanes of at least 4 members (excludes halogenated alkanes) is 1. The summed E-state index contributed by atoms with van der Waals surface area (Å²) in [6.45, 7) is 3.62. The van der Waals surface area contributed by atoms with Crippen molar-refractivity contribution in [1.29, 1.82) is 0 Å². The molecule has 1 aromatic heterocycles. The summed E-state index contributed by atoms with van der Waals surface area (Å²) in [5, 5.41) is 10.2. The number of aliphatic hydroxyl groups is 1. The van der Waals surface area contributed by atoms with Crippen LogP contribution in [0.15, 0.2) is 27.2 Å². The van der Waals surface area contributed by atoms with Crippen molar-refractivity contribution in [2.75, 3.05) is 13.2 Å². The second-order valence-electron chi connectivity index (χ2n) is 9.19. The molecule has 0 atom stereocenters. The first kappa shape index (κ1) is 25.2. The number of nitrogens with two attached hydrogens (primary N) is 2. The maximum Gasteiger partial charge on any atom is 0.334 e. The van der Waals surface area contributed by atoms with Gasteiger partial charge in [0.2, 0.25) is 0 Å². The molecule has 0 radical (unpaired) electrons. The van der Waals surface area contributed by atoms with Crippen molar-refractivity contribution >= 4 is 17.8 Å². The lowest BCUT2D eigenvalue weighted by Crippen LogP contribution is -2.61. The Morgan fingerprint density at radius 2 is 1.79 bits per heavy atom. The van der Waals surface area contributed by atoms with Gasteiger partial charge in [-0.05, 0) is 39.0 Å². The molecule has 2 heterocycles. The molecule has 4 amide bonds. The number of H-pyrrole nitrogens is 1. The van der Waals surface area contributed by atoms with Crippen molar-refractivity contribution < 1.29 is 19.5 Å². The minimum Gasteiger partial charge on any atom is -0.396 e. The zero-order chi connectivity index (χ0) is 25.2. The monoisotopic (exact) mass is 476 g/mol. The fraction of sp³-hybridized carbons (Fsp3) is 0.591. The number of nitrogens with zero attached hydrogens (tertiary/aromatic N) is 3. The summed E-state index contributed by atoms with van der Waals surface area (Å²) >= 11 is 0. The smallest absolute Gasteiger partial charge is 0.334 e. The van der Waals surface area contributed by atoms with Crippen molar-refractivity contribution in [3.63, 3.8) is 0 Å². The molecule has 186 valence electrons. The lowest BCUT2D eigenvalue weighted by molar-refractivity contribution is -0.138. The zero-order valence-electron chi connectivity index (χ0n) is 19.5. The van der Waals surface area contributed by atoms with Crippen LogP contribution in [-0.2, 0) is 16.1 Å². The summed E-state index contributed by atoms with van der Waals surface area (Å²) in [6, 6.07) is -1.21. The highest BCUT2D eigenvalue weighted by atomic mass is 16.3. The van der Waals surface area contributed by atoms with E-state index in [1.807, 2.05) is 6.92 Å². The Hall–Kier alpha value is -3.41. The molecule has 0 bridgehead atoms. The molecular formula is C22H32N6O6. The van der Waals surface area contributed by atoms with Crippen LogP contribution in [0, 0.1) is 12.3 Å². The van der Waals surface area contributed by atoms with Crippen LogP contribution >= 0.6 is 0 Å². The predicted octanol–water partition coefficient (Wildman–Crippen LogP) is -0.514. The summed E-state index contributed by atoms with van der Waals surface area (Å²) in [7, 11) is 0. The third-order valence-electron chi connectivity index (χ3n) is 6.76. The van der Waals surface area contributed by atoms with E-state index in [2.05, 4.69) is 4.98 Å². The summed E-state index contributed by atoms with van der Waals surface area (Å²) in [5.74, 6) is -2.02. The van der Waals surface area contributed by atoms with Gasteiger partial charge in [0.1, 0.15) is 11.4 Å². The van der Waals surface area contributed by atoms with Crippen LogP contribution in [0.25, 0.3) is 0 Å². The summed E-state index contributed by atoms with van der Waals surface area (Å²) in [5.41, 5.74) is 9.53. The van der Waals surface area contributed by atoms with Crippen molar-refractivity contribution in [2.45, 2.75) is 65.0 Å². The Morgan fingerprint density at radius 1 is 1.15 bits per heavy atom. The Kier molecular flexibility index (Phi) is 7.29. The van der Waals surface area contributed by atoms with Gasteiger partial charge in [0.25, 0.3) is 17.4 Å². The number of aryl methyl sites for hydroxylation is 1. The van der Waals surface area contributed by atoms with Crippen LogP contribution in [0.1, 0.15) is 51.0 Å². The largest absolute Gasteiger partial charge is 0.396 e. The molecule has 6 N–H and O–H groups in total. The number of carbonyl (C=O) groups excluding carboxylic acids is 3. The van der Waals surface area contributed by atoms with Crippen LogP contribution < -0.4 is 22.7 Å².